The van der Waals surface area contributed by atoms with Crippen LogP contribution in [0.1, 0.15) is 207 Å². The minimum Gasteiger partial charge on any atom is -0.481 e. The Morgan fingerprint density at radius 3 is 1.35 bits per heavy atom. The van der Waals surface area contributed by atoms with Gasteiger partial charge in [0, 0.05) is 26.6 Å². The Kier molecular flexibility index (Phi) is 34.8. The number of amides is 1. The van der Waals surface area contributed by atoms with E-state index in [1.54, 1.807) is 0 Å². The molecule has 0 aliphatic carbocycles. The predicted octanol–water partition coefficient (Wildman–Crippen LogP) is 11.4. The Morgan fingerprint density at radius 1 is 0.500 bits per heavy atom. The lowest BCUT2D eigenvalue weighted by atomic mass is 9.80. The molecule has 0 saturated heterocycles. The number of rotatable bonds is 38. The summed E-state index contributed by atoms with van der Waals surface area (Å²) in [6, 6.07) is 0. The molecule has 0 aromatic carbocycles. The van der Waals surface area contributed by atoms with Gasteiger partial charge in [-0.15, -0.1) is 0 Å². The van der Waals surface area contributed by atoms with Crippen molar-refractivity contribution in [3.8, 4) is 0 Å². The zero-order valence-electron chi connectivity index (χ0n) is 32.8. The van der Waals surface area contributed by atoms with Crippen LogP contribution in [0, 0.1) is 11.8 Å². The normalized spacial score (nSPS) is 12.3. The zero-order chi connectivity index (χ0) is 35.5. The lowest BCUT2D eigenvalue weighted by molar-refractivity contribution is -0.144. The van der Waals surface area contributed by atoms with Crippen molar-refractivity contribution < 1.29 is 19.8 Å². The number of hydrogen-bond donors (Lipinski definition) is 2. The number of unbranched alkanes of at least 4 members (excludes halogenated alkanes) is 20. The quantitative estimate of drug-likeness (QED) is 0.0634. The molecule has 0 spiro atoms. The van der Waals surface area contributed by atoms with Gasteiger partial charge in [0.15, 0.2) is 0 Å². The Bertz CT molecular complexity index is 687. The molecule has 0 saturated carbocycles. The number of hydrogen-bond acceptors (Lipinski definition) is 4. The standard InChI is InChI=1S/C42H84N2O4/c1-5-8-11-14-17-23-30-39(31-24-18-15-12-9-6-2)40(42(47)48)32-25-19-21-28-35-44(37-38-45)36-29-22-26-33-41(46)43(4)34-27-20-16-13-10-7-3/h39-40,45H,5-38H2,1-4H3,(H,47,48). The maximum absolute atomic E-state index is 12.5. The van der Waals surface area contributed by atoms with Gasteiger partial charge >= 0.3 is 5.97 Å². The number of carboxylic acid groups (broad SMARTS) is 1. The van der Waals surface area contributed by atoms with Crippen molar-refractivity contribution in [3.05, 3.63) is 0 Å². The van der Waals surface area contributed by atoms with Gasteiger partial charge < -0.3 is 20.0 Å². The molecule has 6 heteroatoms. The minimum absolute atomic E-state index is 0.181. The van der Waals surface area contributed by atoms with Crippen LogP contribution in [0.15, 0.2) is 0 Å². The first-order chi connectivity index (χ1) is 23.4. The average molecular weight is 681 g/mol. The van der Waals surface area contributed by atoms with Crippen molar-refractivity contribution in [1.82, 2.24) is 9.80 Å². The van der Waals surface area contributed by atoms with Gasteiger partial charge in [-0.25, -0.2) is 0 Å². The van der Waals surface area contributed by atoms with Crippen LogP contribution in [0.2, 0.25) is 0 Å². The highest BCUT2D eigenvalue weighted by molar-refractivity contribution is 5.75. The third-order valence-corrected chi connectivity index (χ3v) is 10.5. The van der Waals surface area contributed by atoms with Gasteiger partial charge in [-0.1, -0.05) is 156 Å². The monoisotopic (exact) mass is 681 g/mol. The molecule has 0 radical (unpaired) electrons. The molecule has 1 amide bonds. The Labute approximate surface area is 299 Å². The van der Waals surface area contributed by atoms with Crippen molar-refractivity contribution >= 4 is 11.9 Å². The summed E-state index contributed by atoms with van der Waals surface area (Å²) < 4.78 is 0. The summed E-state index contributed by atoms with van der Waals surface area (Å²) in [4.78, 5) is 29.2. The van der Waals surface area contributed by atoms with Gasteiger partial charge in [-0.3, -0.25) is 9.59 Å². The molecule has 1 atom stereocenters. The van der Waals surface area contributed by atoms with Crippen molar-refractivity contribution in [2.24, 2.45) is 11.8 Å². The molecule has 0 bridgehead atoms. The van der Waals surface area contributed by atoms with E-state index in [4.69, 9.17) is 0 Å². The molecule has 0 aliphatic rings. The molecule has 48 heavy (non-hydrogen) atoms. The molecule has 0 aromatic heterocycles. The first kappa shape index (κ1) is 46.9. The second-order valence-electron chi connectivity index (χ2n) is 15.0. The molecule has 286 valence electrons. The van der Waals surface area contributed by atoms with E-state index in [1.165, 1.54) is 109 Å². The van der Waals surface area contributed by atoms with Crippen molar-refractivity contribution in [1.29, 1.82) is 0 Å². The number of aliphatic carboxylic acids is 1. The van der Waals surface area contributed by atoms with Crippen LogP contribution in [0.4, 0.5) is 0 Å². The highest BCUT2D eigenvalue weighted by Gasteiger charge is 2.27. The Balaban J connectivity index is 4.39. The summed E-state index contributed by atoms with van der Waals surface area (Å²) in [5.41, 5.74) is 0. The highest BCUT2D eigenvalue weighted by Crippen LogP contribution is 2.30. The first-order valence-corrected chi connectivity index (χ1v) is 21.2. The smallest absolute Gasteiger partial charge is 0.306 e. The van der Waals surface area contributed by atoms with Crippen LogP contribution in [0.3, 0.4) is 0 Å². The number of carboxylic acids is 1. The van der Waals surface area contributed by atoms with Crippen LogP contribution in [-0.2, 0) is 9.59 Å². The van der Waals surface area contributed by atoms with Crippen LogP contribution in [-0.4, -0.2) is 71.7 Å². The first-order valence-electron chi connectivity index (χ1n) is 21.2. The minimum atomic E-state index is -0.572. The zero-order valence-corrected chi connectivity index (χ0v) is 32.8. The SMILES string of the molecule is CCCCCCCCC(CCCCCCCC)C(CCCCCCN(CCO)CCCCCC(=O)N(C)CCCCCCCC)C(=O)O. The average Bonchev–Trinajstić information content (AvgIpc) is 3.07. The number of carbonyl (C=O) groups is 2. The van der Waals surface area contributed by atoms with E-state index in [-0.39, 0.29) is 18.4 Å². The van der Waals surface area contributed by atoms with E-state index in [1.807, 2.05) is 11.9 Å². The summed E-state index contributed by atoms with van der Waals surface area (Å²) in [6.07, 6.45) is 33.7. The Morgan fingerprint density at radius 2 is 0.896 bits per heavy atom. The maximum atomic E-state index is 12.5. The Hall–Kier alpha value is -1.14. The van der Waals surface area contributed by atoms with E-state index >= 15 is 0 Å². The third-order valence-electron chi connectivity index (χ3n) is 10.5. The van der Waals surface area contributed by atoms with Gasteiger partial charge in [0.1, 0.15) is 0 Å². The number of aliphatic hydroxyl groups excluding tert-OH is 1. The van der Waals surface area contributed by atoms with E-state index < -0.39 is 5.97 Å². The molecule has 0 fully saturated rings. The number of nitrogens with zero attached hydrogens (tertiary/aromatic N) is 2. The molecule has 0 aliphatic heterocycles. The molecular weight excluding hydrogens is 596 g/mol. The van der Waals surface area contributed by atoms with Crippen molar-refractivity contribution in [2.75, 3.05) is 39.8 Å². The molecule has 6 nitrogen and oxygen atoms in total. The van der Waals surface area contributed by atoms with Gasteiger partial charge in [-0.2, -0.15) is 0 Å². The maximum Gasteiger partial charge on any atom is 0.306 e. The lowest BCUT2D eigenvalue weighted by Crippen LogP contribution is -2.29. The second kappa shape index (κ2) is 35.7. The van der Waals surface area contributed by atoms with Crippen LogP contribution >= 0.6 is 0 Å². The molecular formula is C42H84N2O4. The van der Waals surface area contributed by atoms with E-state index in [2.05, 4.69) is 25.7 Å². The fourth-order valence-electron chi connectivity index (χ4n) is 7.24. The van der Waals surface area contributed by atoms with Crippen LogP contribution in [0.5, 0.6) is 0 Å². The van der Waals surface area contributed by atoms with E-state index in [9.17, 15) is 19.8 Å². The van der Waals surface area contributed by atoms with E-state index in [0.717, 1.165) is 90.3 Å². The summed E-state index contributed by atoms with van der Waals surface area (Å²) in [6.45, 7) is 10.5. The lowest BCUT2D eigenvalue weighted by Gasteiger charge is -2.25. The fraction of sp³-hybridized carbons (Fsp3) is 0.952. The van der Waals surface area contributed by atoms with E-state index in [0.29, 0.717) is 18.9 Å². The molecule has 2 N–H and O–H groups in total. The largest absolute Gasteiger partial charge is 0.481 e. The van der Waals surface area contributed by atoms with Gasteiger partial charge in [0.25, 0.3) is 0 Å². The van der Waals surface area contributed by atoms with Crippen LogP contribution < -0.4 is 0 Å². The summed E-state index contributed by atoms with van der Waals surface area (Å²) >= 11 is 0. The highest BCUT2D eigenvalue weighted by atomic mass is 16.4. The molecule has 1 unspecified atom stereocenters. The van der Waals surface area contributed by atoms with Crippen LogP contribution in [0.25, 0.3) is 0 Å². The van der Waals surface area contributed by atoms with Crippen molar-refractivity contribution in [2.45, 2.75) is 207 Å². The molecule has 0 rings (SSSR count). The topological polar surface area (TPSA) is 81.1 Å². The predicted molar refractivity (Wildman–Crippen MR) is 207 cm³/mol. The van der Waals surface area contributed by atoms with Gasteiger partial charge in [-0.05, 0) is 64.0 Å². The molecule has 0 heterocycles. The van der Waals surface area contributed by atoms with Crippen molar-refractivity contribution in [3.63, 3.8) is 0 Å². The number of carbonyl (C=O) groups excluding carboxylic acids is 1. The third kappa shape index (κ3) is 28.7. The summed E-state index contributed by atoms with van der Waals surface area (Å²) in [5, 5.41) is 19.8. The molecule has 0 aromatic rings. The van der Waals surface area contributed by atoms with Gasteiger partial charge in [0.05, 0.1) is 12.5 Å². The summed E-state index contributed by atoms with van der Waals surface area (Å²) in [5.74, 6) is -0.158. The summed E-state index contributed by atoms with van der Waals surface area (Å²) in [7, 11) is 1.95. The fourth-order valence-corrected chi connectivity index (χ4v) is 7.24. The van der Waals surface area contributed by atoms with Gasteiger partial charge in [0.2, 0.25) is 5.91 Å². The number of aliphatic hydroxyl groups is 1. The second-order valence-corrected chi connectivity index (χ2v) is 15.0.